The van der Waals surface area contributed by atoms with Gasteiger partial charge in [-0.15, -0.1) is 0 Å². The summed E-state index contributed by atoms with van der Waals surface area (Å²) in [5, 5.41) is 17.8. The summed E-state index contributed by atoms with van der Waals surface area (Å²) < 4.78 is 0.902. The first-order valence-corrected chi connectivity index (χ1v) is 4.54. The van der Waals surface area contributed by atoms with Crippen LogP contribution in [-0.4, -0.2) is 16.2 Å². The first kappa shape index (κ1) is 10.2. The van der Waals surface area contributed by atoms with Crippen LogP contribution in [0.5, 0.6) is 0 Å². The molecule has 70 valence electrons. The molecule has 1 rings (SSSR count). The molecular weight excluding hydrogens is 236 g/mol. The molecule has 1 aromatic carbocycles. The number of aliphatic carboxylic acids is 1. The number of aliphatic hydroxyl groups excluding tert-OH is 1. The zero-order valence-electron chi connectivity index (χ0n) is 6.77. The molecule has 0 aliphatic carbocycles. The minimum atomic E-state index is -1.00. The van der Waals surface area contributed by atoms with Gasteiger partial charge in [-0.2, -0.15) is 0 Å². The zero-order valence-corrected chi connectivity index (χ0v) is 8.36. The second kappa shape index (κ2) is 4.39. The Morgan fingerprint density at radius 1 is 1.38 bits per heavy atom. The van der Waals surface area contributed by atoms with Gasteiger partial charge in [0.1, 0.15) is 0 Å². The lowest BCUT2D eigenvalue weighted by Gasteiger charge is -2.07. The fraction of sp³-hybridized carbons (Fsp3) is 0.222. The highest BCUT2D eigenvalue weighted by Gasteiger charge is 2.11. The highest BCUT2D eigenvalue weighted by atomic mass is 79.9. The molecule has 1 atom stereocenters. The van der Waals surface area contributed by atoms with Crippen LogP contribution in [0.15, 0.2) is 28.7 Å². The number of rotatable bonds is 3. The summed E-state index contributed by atoms with van der Waals surface area (Å²) >= 11 is 3.25. The van der Waals surface area contributed by atoms with E-state index in [1.54, 1.807) is 24.3 Å². The number of aliphatic hydroxyl groups is 1. The predicted octanol–water partition coefficient (Wildman–Crippen LogP) is 1.96. The fourth-order valence-electron chi connectivity index (χ4n) is 0.968. The summed E-state index contributed by atoms with van der Waals surface area (Å²) in [6, 6.07) is 6.91. The first-order valence-electron chi connectivity index (χ1n) is 3.75. The third kappa shape index (κ3) is 3.16. The van der Waals surface area contributed by atoms with Crippen LogP contribution in [0.2, 0.25) is 0 Å². The highest BCUT2D eigenvalue weighted by molar-refractivity contribution is 9.10. The Morgan fingerprint density at radius 3 is 2.38 bits per heavy atom. The van der Waals surface area contributed by atoms with E-state index in [2.05, 4.69) is 15.9 Å². The van der Waals surface area contributed by atoms with Gasteiger partial charge in [0, 0.05) is 4.47 Å². The van der Waals surface area contributed by atoms with Crippen molar-refractivity contribution in [3.8, 4) is 0 Å². The van der Waals surface area contributed by atoms with Gasteiger partial charge < -0.3 is 10.2 Å². The molecule has 0 spiro atoms. The summed E-state index contributed by atoms with van der Waals surface area (Å²) in [6.07, 6.45) is -1.19. The monoisotopic (exact) mass is 244 g/mol. The van der Waals surface area contributed by atoms with Gasteiger partial charge in [-0.25, -0.2) is 0 Å². The number of carbonyl (C=O) groups is 1. The standard InChI is InChI=1S/C9H9BrO3/c10-7-3-1-6(2-4-7)8(11)5-9(12)13/h1-4,8,11H,5H2,(H,12,13)/t8-/m0/s1. The van der Waals surface area contributed by atoms with Crippen molar-refractivity contribution in [2.75, 3.05) is 0 Å². The van der Waals surface area contributed by atoms with E-state index in [0.29, 0.717) is 5.56 Å². The van der Waals surface area contributed by atoms with Crippen molar-refractivity contribution in [1.82, 2.24) is 0 Å². The van der Waals surface area contributed by atoms with E-state index in [9.17, 15) is 9.90 Å². The van der Waals surface area contributed by atoms with Gasteiger partial charge in [0.25, 0.3) is 0 Å². The van der Waals surface area contributed by atoms with Gasteiger partial charge >= 0.3 is 5.97 Å². The Hall–Kier alpha value is -0.870. The van der Waals surface area contributed by atoms with Crippen LogP contribution in [-0.2, 0) is 4.79 Å². The molecule has 0 amide bonds. The van der Waals surface area contributed by atoms with Crippen molar-refractivity contribution in [2.24, 2.45) is 0 Å². The molecule has 0 aliphatic rings. The Morgan fingerprint density at radius 2 is 1.92 bits per heavy atom. The van der Waals surface area contributed by atoms with Crippen LogP contribution in [0, 0.1) is 0 Å². The van der Waals surface area contributed by atoms with E-state index in [1.807, 2.05) is 0 Å². The largest absolute Gasteiger partial charge is 0.481 e. The third-order valence-electron chi connectivity index (χ3n) is 1.62. The second-order valence-electron chi connectivity index (χ2n) is 2.67. The molecule has 13 heavy (non-hydrogen) atoms. The molecule has 0 saturated heterocycles. The highest BCUT2D eigenvalue weighted by Crippen LogP contribution is 2.18. The van der Waals surface area contributed by atoms with Crippen molar-refractivity contribution in [2.45, 2.75) is 12.5 Å². The maximum Gasteiger partial charge on any atom is 0.306 e. The van der Waals surface area contributed by atoms with Crippen LogP contribution in [0.4, 0.5) is 0 Å². The number of carboxylic acids is 1. The molecule has 4 heteroatoms. The lowest BCUT2D eigenvalue weighted by Crippen LogP contribution is -2.04. The summed E-state index contributed by atoms with van der Waals surface area (Å²) in [6.45, 7) is 0. The van der Waals surface area contributed by atoms with E-state index >= 15 is 0 Å². The van der Waals surface area contributed by atoms with Gasteiger partial charge in [-0.3, -0.25) is 4.79 Å². The van der Waals surface area contributed by atoms with E-state index < -0.39 is 12.1 Å². The van der Waals surface area contributed by atoms with E-state index in [4.69, 9.17) is 5.11 Å². The molecular formula is C9H9BrO3. The SMILES string of the molecule is O=C(O)C[C@H](O)c1ccc(Br)cc1. The molecule has 0 bridgehead atoms. The quantitative estimate of drug-likeness (QED) is 0.855. The first-order chi connectivity index (χ1) is 6.09. The smallest absolute Gasteiger partial charge is 0.306 e. The molecule has 0 radical (unpaired) electrons. The Bertz CT molecular complexity index is 294. The fourth-order valence-corrected chi connectivity index (χ4v) is 1.23. The van der Waals surface area contributed by atoms with Crippen molar-refractivity contribution in [3.63, 3.8) is 0 Å². The van der Waals surface area contributed by atoms with Crippen LogP contribution >= 0.6 is 15.9 Å². The van der Waals surface area contributed by atoms with Crippen LogP contribution in [0.3, 0.4) is 0 Å². The van der Waals surface area contributed by atoms with Gasteiger partial charge in [-0.1, -0.05) is 28.1 Å². The van der Waals surface area contributed by atoms with Crippen molar-refractivity contribution in [3.05, 3.63) is 34.3 Å². The lowest BCUT2D eigenvalue weighted by atomic mass is 10.1. The molecule has 3 nitrogen and oxygen atoms in total. The zero-order chi connectivity index (χ0) is 9.84. The summed E-state index contributed by atoms with van der Waals surface area (Å²) in [5.74, 6) is -1.00. The van der Waals surface area contributed by atoms with Crippen molar-refractivity contribution in [1.29, 1.82) is 0 Å². The number of benzene rings is 1. The Labute approximate surface area is 84.1 Å². The number of hydrogen-bond donors (Lipinski definition) is 2. The minimum absolute atomic E-state index is 0.262. The second-order valence-corrected chi connectivity index (χ2v) is 3.58. The number of hydrogen-bond acceptors (Lipinski definition) is 2. The molecule has 0 unspecified atom stereocenters. The maximum atomic E-state index is 10.3. The maximum absolute atomic E-state index is 10.3. The molecule has 0 saturated carbocycles. The average molecular weight is 245 g/mol. The Kier molecular flexibility index (Phi) is 3.45. The topological polar surface area (TPSA) is 57.5 Å². The molecule has 0 aromatic heterocycles. The average Bonchev–Trinajstić information content (AvgIpc) is 2.04. The van der Waals surface area contributed by atoms with E-state index in [1.165, 1.54) is 0 Å². The van der Waals surface area contributed by atoms with Crippen molar-refractivity contribution >= 4 is 21.9 Å². The molecule has 2 N–H and O–H groups in total. The summed E-state index contributed by atoms with van der Waals surface area (Å²) in [4.78, 5) is 10.3. The van der Waals surface area contributed by atoms with Gasteiger partial charge in [0.15, 0.2) is 0 Å². The molecule has 0 fully saturated rings. The third-order valence-corrected chi connectivity index (χ3v) is 2.15. The number of carboxylic acid groups (broad SMARTS) is 1. The normalized spacial score (nSPS) is 12.5. The van der Waals surface area contributed by atoms with Crippen LogP contribution in [0.1, 0.15) is 18.1 Å². The molecule has 0 heterocycles. The molecule has 1 aromatic rings. The minimum Gasteiger partial charge on any atom is -0.481 e. The lowest BCUT2D eigenvalue weighted by molar-refractivity contribution is -0.139. The summed E-state index contributed by atoms with van der Waals surface area (Å²) in [7, 11) is 0. The van der Waals surface area contributed by atoms with E-state index in [0.717, 1.165) is 4.47 Å². The van der Waals surface area contributed by atoms with Gasteiger partial charge in [0.05, 0.1) is 12.5 Å². The van der Waals surface area contributed by atoms with Gasteiger partial charge in [-0.05, 0) is 17.7 Å². The van der Waals surface area contributed by atoms with Crippen LogP contribution in [0.25, 0.3) is 0 Å². The van der Waals surface area contributed by atoms with Crippen LogP contribution < -0.4 is 0 Å². The molecule has 0 aliphatic heterocycles. The van der Waals surface area contributed by atoms with E-state index in [-0.39, 0.29) is 6.42 Å². The predicted molar refractivity (Wildman–Crippen MR) is 51.4 cm³/mol. The Balaban J connectivity index is 2.71. The van der Waals surface area contributed by atoms with Gasteiger partial charge in [0.2, 0.25) is 0 Å². The van der Waals surface area contributed by atoms with Crippen molar-refractivity contribution < 1.29 is 15.0 Å². The number of halogens is 1. The summed E-state index contributed by atoms with van der Waals surface area (Å²) in [5.41, 5.74) is 0.616.